The molecule has 0 saturated heterocycles. The average molecular weight is 550 g/mol. The number of anilines is 2. The number of halogens is 2. The maximum atomic E-state index is 13.4. The molecule has 3 N–H and O–H groups in total. The monoisotopic (exact) mass is 549 g/mol. The molecule has 10 nitrogen and oxygen atoms in total. The molecule has 0 spiro atoms. The van der Waals surface area contributed by atoms with Crippen LogP contribution in [0, 0.1) is 11.6 Å². The van der Waals surface area contributed by atoms with Gasteiger partial charge in [0.05, 0.1) is 32.6 Å². The number of amides is 2. The van der Waals surface area contributed by atoms with Gasteiger partial charge in [-0.3, -0.25) is 9.52 Å². The Kier molecular flexibility index (Phi) is 9.96. The molecule has 0 atom stereocenters. The Labute approximate surface area is 218 Å². The first-order valence-corrected chi connectivity index (χ1v) is 12.7. The SMILES string of the molecule is COc1ccc(C(=O)Nc2ccc(F)c(F)c2)cc1NS(=O)(=O)NC(=O)OCCCOCc1ccccc1. The smallest absolute Gasteiger partial charge is 0.422 e. The molecule has 0 unspecified atom stereocenters. The summed E-state index contributed by atoms with van der Waals surface area (Å²) in [5.41, 5.74) is 0.776. The lowest BCUT2D eigenvalue weighted by atomic mass is 10.1. The summed E-state index contributed by atoms with van der Waals surface area (Å²) in [4.78, 5) is 24.5. The fourth-order valence-electron chi connectivity index (χ4n) is 3.11. The Bertz CT molecular complexity index is 1370. The Morgan fingerprint density at radius 2 is 1.68 bits per heavy atom. The van der Waals surface area contributed by atoms with Crippen LogP contribution < -0.4 is 19.5 Å². The first kappa shape index (κ1) is 28.3. The Morgan fingerprint density at radius 3 is 2.39 bits per heavy atom. The van der Waals surface area contributed by atoms with Gasteiger partial charge in [-0.05, 0) is 35.9 Å². The third-order valence-corrected chi connectivity index (χ3v) is 5.80. The van der Waals surface area contributed by atoms with E-state index in [-0.39, 0.29) is 29.3 Å². The van der Waals surface area contributed by atoms with Crippen molar-refractivity contribution in [2.24, 2.45) is 0 Å². The van der Waals surface area contributed by atoms with Gasteiger partial charge in [-0.1, -0.05) is 30.3 Å². The van der Waals surface area contributed by atoms with Crippen molar-refractivity contribution in [1.29, 1.82) is 0 Å². The van der Waals surface area contributed by atoms with Crippen molar-refractivity contribution >= 4 is 33.6 Å². The molecule has 13 heteroatoms. The summed E-state index contributed by atoms with van der Waals surface area (Å²) < 4.78 is 70.6. The van der Waals surface area contributed by atoms with E-state index in [4.69, 9.17) is 14.2 Å². The zero-order valence-electron chi connectivity index (χ0n) is 20.2. The molecule has 2 amide bonds. The van der Waals surface area contributed by atoms with Crippen LogP contribution in [0.15, 0.2) is 66.7 Å². The van der Waals surface area contributed by atoms with Crippen molar-refractivity contribution in [3.63, 3.8) is 0 Å². The van der Waals surface area contributed by atoms with Crippen LogP contribution in [-0.4, -0.2) is 40.7 Å². The summed E-state index contributed by atoms with van der Waals surface area (Å²) in [7, 11) is -3.20. The van der Waals surface area contributed by atoms with Gasteiger partial charge in [0.15, 0.2) is 11.6 Å². The Morgan fingerprint density at radius 1 is 0.921 bits per heavy atom. The highest BCUT2D eigenvalue weighted by atomic mass is 32.2. The van der Waals surface area contributed by atoms with Crippen LogP contribution in [0.4, 0.5) is 25.0 Å². The number of hydrogen-bond donors (Lipinski definition) is 3. The number of rotatable bonds is 12. The standard InChI is InChI=1S/C25H25F2N3O7S/c1-35-23-11-8-18(24(31)28-19-9-10-20(26)21(27)15-19)14-22(23)29-38(33,34)30-25(32)37-13-5-12-36-16-17-6-3-2-4-7-17/h2-4,6-11,14-15,29H,5,12-13,16H2,1H3,(H,28,31)(H,30,32). The average Bonchev–Trinajstić information content (AvgIpc) is 2.88. The van der Waals surface area contributed by atoms with Crippen LogP contribution in [0.3, 0.4) is 0 Å². The maximum absolute atomic E-state index is 13.4. The second-order valence-corrected chi connectivity index (χ2v) is 9.15. The molecule has 0 radical (unpaired) electrons. The van der Waals surface area contributed by atoms with Gasteiger partial charge in [-0.25, -0.2) is 18.3 Å². The van der Waals surface area contributed by atoms with E-state index in [1.54, 1.807) is 4.72 Å². The minimum absolute atomic E-state index is 0.0123. The molecule has 3 aromatic carbocycles. The van der Waals surface area contributed by atoms with Crippen LogP contribution in [-0.2, 0) is 26.3 Å². The fourth-order valence-corrected chi connectivity index (χ4v) is 3.88. The summed E-state index contributed by atoms with van der Waals surface area (Å²) in [5, 5.41) is 2.37. The maximum Gasteiger partial charge on any atom is 0.422 e. The van der Waals surface area contributed by atoms with E-state index in [9.17, 15) is 26.8 Å². The van der Waals surface area contributed by atoms with Gasteiger partial charge in [0.25, 0.3) is 5.91 Å². The molecule has 3 aromatic rings. The van der Waals surface area contributed by atoms with E-state index in [0.29, 0.717) is 19.6 Å². The van der Waals surface area contributed by atoms with E-state index >= 15 is 0 Å². The second-order valence-electron chi connectivity index (χ2n) is 7.73. The number of hydrogen-bond acceptors (Lipinski definition) is 7. The van der Waals surface area contributed by atoms with Crippen LogP contribution in [0.25, 0.3) is 0 Å². The molecule has 0 aliphatic heterocycles. The van der Waals surface area contributed by atoms with Crippen molar-refractivity contribution in [3.05, 3.63) is 89.5 Å². The summed E-state index contributed by atoms with van der Waals surface area (Å²) in [6, 6.07) is 16.1. The summed E-state index contributed by atoms with van der Waals surface area (Å²) in [6.07, 6.45) is -0.872. The van der Waals surface area contributed by atoms with E-state index in [1.807, 2.05) is 30.3 Å². The summed E-state index contributed by atoms with van der Waals surface area (Å²) in [5.74, 6) is -2.92. The van der Waals surface area contributed by atoms with E-state index in [0.717, 1.165) is 29.8 Å². The first-order chi connectivity index (χ1) is 18.2. The summed E-state index contributed by atoms with van der Waals surface area (Å²) in [6.45, 7) is 0.605. The van der Waals surface area contributed by atoms with Crippen LogP contribution >= 0.6 is 0 Å². The molecule has 38 heavy (non-hydrogen) atoms. The highest BCUT2D eigenvalue weighted by Gasteiger charge is 2.19. The zero-order valence-corrected chi connectivity index (χ0v) is 21.0. The second kappa shape index (κ2) is 13.4. The highest BCUT2D eigenvalue weighted by Crippen LogP contribution is 2.27. The van der Waals surface area contributed by atoms with Gasteiger partial charge in [0, 0.05) is 23.7 Å². The predicted molar refractivity (Wildman–Crippen MR) is 135 cm³/mol. The number of benzene rings is 3. The fraction of sp³-hybridized carbons (Fsp3) is 0.200. The van der Waals surface area contributed by atoms with Crippen LogP contribution in [0.1, 0.15) is 22.3 Å². The molecule has 202 valence electrons. The van der Waals surface area contributed by atoms with Crippen LogP contribution in [0.5, 0.6) is 5.75 Å². The molecule has 0 fully saturated rings. The van der Waals surface area contributed by atoms with E-state index < -0.39 is 33.8 Å². The van der Waals surface area contributed by atoms with Crippen molar-refractivity contribution in [3.8, 4) is 5.75 Å². The molecule has 0 aliphatic carbocycles. The lowest BCUT2D eigenvalue weighted by Gasteiger charge is -2.14. The number of carbonyl (C=O) groups is 2. The third kappa shape index (κ3) is 8.71. The Hall–Kier alpha value is -4.23. The molecule has 0 aliphatic rings. The number of ether oxygens (including phenoxy) is 3. The van der Waals surface area contributed by atoms with Crippen molar-refractivity contribution in [2.75, 3.05) is 30.4 Å². The first-order valence-electron chi connectivity index (χ1n) is 11.2. The molecular formula is C25H25F2N3O7S. The predicted octanol–water partition coefficient (Wildman–Crippen LogP) is 4.22. The van der Waals surface area contributed by atoms with Gasteiger partial charge in [0.1, 0.15) is 5.75 Å². The van der Waals surface area contributed by atoms with E-state index in [2.05, 4.69) is 10.0 Å². The molecule has 0 aromatic heterocycles. The highest BCUT2D eigenvalue weighted by molar-refractivity contribution is 7.91. The number of nitrogens with one attached hydrogen (secondary N) is 3. The van der Waals surface area contributed by atoms with Gasteiger partial charge in [-0.2, -0.15) is 8.42 Å². The topological polar surface area (TPSA) is 132 Å². The minimum atomic E-state index is -4.47. The van der Waals surface area contributed by atoms with Gasteiger partial charge >= 0.3 is 16.3 Å². The normalized spacial score (nSPS) is 10.9. The molecular weight excluding hydrogens is 524 g/mol. The minimum Gasteiger partial charge on any atom is -0.495 e. The lowest BCUT2D eigenvalue weighted by Crippen LogP contribution is -2.36. The number of carbonyl (C=O) groups excluding carboxylic acids is 2. The van der Waals surface area contributed by atoms with Crippen molar-refractivity contribution < 1.29 is 41.0 Å². The third-order valence-electron chi connectivity index (χ3n) is 4.88. The Balaban J connectivity index is 1.52. The van der Waals surface area contributed by atoms with Crippen molar-refractivity contribution in [2.45, 2.75) is 13.0 Å². The quantitative estimate of drug-likeness (QED) is 0.288. The molecule has 0 bridgehead atoms. The zero-order chi connectivity index (χ0) is 27.5. The molecule has 0 saturated carbocycles. The van der Waals surface area contributed by atoms with Gasteiger partial charge in [-0.15, -0.1) is 0 Å². The van der Waals surface area contributed by atoms with Gasteiger partial charge in [0.2, 0.25) is 0 Å². The van der Waals surface area contributed by atoms with Crippen LogP contribution in [0.2, 0.25) is 0 Å². The van der Waals surface area contributed by atoms with E-state index in [1.165, 1.54) is 19.2 Å². The van der Waals surface area contributed by atoms with Gasteiger partial charge < -0.3 is 19.5 Å². The number of methoxy groups -OCH3 is 1. The molecule has 3 rings (SSSR count). The lowest BCUT2D eigenvalue weighted by molar-refractivity contribution is 0.0938. The largest absolute Gasteiger partial charge is 0.495 e. The summed E-state index contributed by atoms with van der Waals surface area (Å²) >= 11 is 0. The van der Waals surface area contributed by atoms with Crippen molar-refractivity contribution in [1.82, 2.24) is 4.72 Å². The molecule has 0 heterocycles.